The van der Waals surface area contributed by atoms with Gasteiger partial charge in [0.25, 0.3) is 0 Å². The summed E-state index contributed by atoms with van der Waals surface area (Å²) in [5, 5.41) is 0. The zero-order valence-corrected chi connectivity index (χ0v) is 35.8. The number of carbonyl (C=O) groups excluding carboxylic acids is 4. The van der Waals surface area contributed by atoms with Crippen molar-refractivity contribution < 1.29 is 45.5 Å². The molecule has 0 bridgehead atoms. The first kappa shape index (κ1) is 41.9. The summed E-state index contributed by atoms with van der Waals surface area (Å²) in [6, 6.07) is 29.2. The van der Waals surface area contributed by atoms with Crippen LogP contribution in [0.2, 0.25) is 0 Å². The summed E-state index contributed by atoms with van der Waals surface area (Å²) in [4.78, 5) is 61.4. The summed E-state index contributed by atoms with van der Waals surface area (Å²) in [6.45, 7) is -3.46. The number of esters is 2. The molecule has 4 aromatic rings. The molecule has 0 N–H and O–H groups in total. The number of carbonyl (C=O) groups is 4. The van der Waals surface area contributed by atoms with Crippen molar-refractivity contribution in [2.45, 2.75) is 97.3 Å². The lowest BCUT2D eigenvalue weighted by molar-refractivity contribution is -0.155. The molecule has 324 valence electrons. The van der Waals surface area contributed by atoms with Gasteiger partial charge in [-0.05, 0) is 73.2 Å². The largest absolute Gasteiger partial charge is 0.439 e. The first-order valence-electron chi connectivity index (χ1n) is 21.2. The fraction of sp³-hybridized carbons (Fsp3) is 0.391. The van der Waals surface area contributed by atoms with Crippen LogP contribution in [0.3, 0.4) is 0 Å². The zero-order chi connectivity index (χ0) is 43.3. The SMILES string of the molecule is O=C1CN(S(=O)(=O)c2ccccc2)CC(=O)N2c3ccccc3C3(CCCCC3)C2OC(=O)CN(S(=O)(=O)c2ccccc2)CC(=O)N2c3ccccc3C3(CCCCC3)C2O1. The van der Waals surface area contributed by atoms with Crippen LogP contribution < -0.4 is 9.80 Å². The quantitative estimate of drug-likeness (QED) is 0.235. The number of hydrogen-bond donors (Lipinski definition) is 0. The minimum atomic E-state index is -4.54. The van der Waals surface area contributed by atoms with Gasteiger partial charge in [-0.1, -0.05) is 111 Å². The topological polar surface area (TPSA) is 168 Å². The van der Waals surface area contributed by atoms with Gasteiger partial charge in [-0.25, -0.2) is 16.8 Å². The van der Waals surface area contributed by atoms with Crippen molar-refractivity contribution in [2.75, 3.05) is 36.0 Å². The van der Waals surface area contributed by atoms with Crippen molar-refractivity contribution >= 4 is 55.2 Å². The van der Waals surface area contributed by atoms with Gasteiger partial charge in [0.2, 0.25) is 31.9 Å². The van der Waals surface area contributed by atoms with E-state index in [0.717, 1.165) is 58.3 Å². The van der Waals surface area contributed by atoms with Crippen molar-refractivity contribution in [3.8, 4) is 0 Å². The second-order valence-electron chi connectivity index (χ2n) is 16.9. The average molecular weight is 881 g/mol. The molecule has 4 aromatic carbocycles. The Balaban J connectivity index is 1.20. The van der Waals surface area contributed by atoms with Gasteiger partial charge >= 0.3 is 11.9 Å². The monoisotopic (exact) mass is 880 g/mol. The number of benzene rings is 4. The molecule has 2 unspecified atom stereocenters. The van der Waals surface area contributed by atoms with E-state index in [0.29, 0.717) is 37.1 Å². The first-order valence-corrected chi connectivity index (χ1v) is 24.1. The maximum Gasteiger partial charge on any atom is 0.323 e. The standard InChI is InChI=1S/C46H48N4O10S2/c51-39-29-47(61(55,56)33-17-5-1-6-18-33)31-41(53)59-44-46(27-15-4-16-28-46)36-22-10-12-24-38(36)50(44)40(52)30-48(62(57,58)34-19-7-2-8-20-34)32-42(54)60-43-45(25-13-3-14-26-45)35-21-9-11-23-37(35)49(39)43/h1-2,5-12,17-24,43-44H,3-4,13-16,25-32H2. The molecule has 0 aromatic heterocycles. The number of sulfonamides is 2. The molecule has 3 aliphatic heterocycles. The normalized spacial score (nSPS) is 23.6. The highest BCUT2D eigenvalue weighted by atomic mass is 32.2. The maximum atomic E-state index is 15.0. The summed E-state index contributed by atoms with van der Waals surface area (Å²) in [5.41, 5.74) is 0.491. The highest BCUT2D eigenvalue weighted by molar-refractivity contribution is 7.89. The predicted octanol–water partition coefficient (Wildman–Crippen LogP) is 5.62. The van der Waals surface area contributed by atoms with Gasteiger partial charge in [0.1, 0.15) is 13.1 Å². The number of nitrogens with zero attached hydrogens (tertiary/aromatic N) is 4. The highest BCUT2D eigenvalue weighted by Gasteiger charge is 2.58. The Morgan fingerprint density at radius 2 is 0.774 bits per heavy atom. The molecular formula is C46H48N4O10S2. The molecule has 16 heteroatoms. The van der Waals surface area contributed by atoms with Crippen LogP contribution in [-0.4, -0.2) is 87.8 Å². The van der Waals surface area contributed by atoms with Gasteiger partial charge in [0, 0.05) is 0 Å². The maximum absolute atomic E-state index is 15.0. The molecule has 2 spiro atoms. The molecule has 2 saturated carbocycles. The van der Waals surface area contributed by atoms with Gasteiger partial charge in [0.15, 0.2) is 12.5 Å². The van der Waals surface area contributed by atoms with Crippen LogP contribution in [0.1, 0.15) is 75.3 Å². The van der Waals surface area contributed by atoms with Crippen molar-refractivity contribution in [2.24, 2.45) is 0 Å². The second kappa shape index (κ2) is 16.4. The summed E-state index contributed by atoms with van der Waals surface area (Å²) in [6.07, 6.45) is 4.24. The van der Waals surface area contributed by atoms with E-state index in [-0.39, 0.29) is 9.79 Å². The fourth-order valence-corrected chi connectivity index (χ4v) is 13.2. The number of rotatable bonds is 4. The summed E-state index contributed by atoms with van der Waals surface area (Å²) >= 11 is 0. The minimum Gasteiger partial charge on any atom is -0.439 e. The fourth-order valence-electron chi connectivity index (χ4n) is 10.5. The lowest BCUT2D eigenvalue weighted by Crippen LogP contribution is -2.57. The lowest BCUT2D eigenvalue weighted by atomic mass is 9.69. The van der Waals surface area contributed by atoms with E-state index in [1.165, 1.54) is 58.3 Å². The third-order valence-electron chi connectivity index (χ3n) is 13.3. The Hall–Kier alpha value is -5.42. The van der Waals surface area contributed by atoms with E-state index in [4.69, 9.17) is 9.47 Å². The molecule has 3 heterocycles. The number of fused-ring (bicyclic) bond motifs is 10. The van der Waals surface area contributed by atoms with Crippen molar-refractivity contribution in [1.82, 2.24) is 8.61 Å². The van der Waals surface area contributed by atoms with Crippen LogP contribution in [0.25, 0.3) is 0 Å². The molecule has 1 saturated heterocycles. The summed E-state index contributed by atoms with van der Waals surface area (Å²) < 4.78 is 72.4. The van der Waals surface area contributed by atoms with Crippen molar-refractivity contribution in [3.05, 3.63) is 120 Å². The molecule has 2 amide bonds. The lowest BCUT2D eigenvalue weighted by Gasteiger charge is -2.41. The molecule has 9 rings (SSSR count). The van der Waals surface area contributed by atoms with E-state index in [2.05, 4.69) is 0 Å². The Labute approximate surface area is 361 Å². The van der Waals surface area contributed by atoms with E-state index in [1.807, 2.05) is 24.3 Å². The third kappa shape index (κ3) is 7.10. The van der Waals surface area contributed by atoms with Crippen LogP contribution in [-0.2, 0) is 59.5 Å². The second-order valence-corrected chi connectivity index (χ2v) is 20.7. The van der Waals surface area contributed by atoms with E-state index in [1.54, 1.807) is 36.4 Å². The van der Waals surface area contributed by atoms with Crippen LogP contribution in [0.15, 0.2) is 119 Å². The van der Waals surface area contributed by atoms with Crippen molar-refractivity contribution in [3.63, 3.8) is 0 Å². The van der Waals surface area contributed by atoms with E-state index >= 15 is 9.59 Å². The predicted molar refractivity (Wildman–Crippen MR) is 228 cm³/mol. The van der Waals surface area contributed by atoms with Crippen molar-refractivity contribution in [1.29, 1.82) is 0 Å². The Bertz CT molecular complexity index is 2430. The van der Waals surface area contributed by atoms with Gasteiger partial charge < -0.3 is 9.47 Å². The van der Waals surface area contributed by atoms with Crippen LogP contribution >= 0.6 is 0 Å². The number of amides is 2. The first-order chi connectivity index (χ1) is 29.9. The van der Waals surface area contributed by atoms with Gasteiger partial charge in [-0.3, -0.25) is 29.0 Å². The average Bonchev–Trinajstić information content (AvgIpc) is 3.68. The molecule has 0 radical (unpaired) electrons. The molecule has 14 nitrogen and oxygen atoms in total. The van der Waals surface area contributed by atoms with Gasteiger partial charge in [0.05, 0.1) is 45.1 Å². The Morgan fingerprint density at radius 3 is 1.15 bits per heavy atom. The Morgan fingerprint density at radius 1 is 0.435 bits per heavy atom. The molecule has 3 fully saturated rings. The Kier molecular flexibility index (Phi) is 11.1. The smallest absolute Gasteiger partial charge is 0.323 e. The number of ether oxygens (including phenoxy) is 2. The third-order valence-corrected chi connectivity index (χ3v) is 16.9. The minimum absolute atomic E-state index is 0.155. The molecule has 5 aliphatic rings. The number of hydrogen-bond acceptors (Lipinski definition) is 10. The van der Waals surface area contributed by atoms with Gasteiger partial charge in [-0.2, -0.15) is 8.61 Å². The van der Waals surface area contributed by atoms with Gasteiger partial charge in [-0.15, -0.1) is 0 Å². The summed E-state index contributed by atoms with van der Waals surface area (Å²) in [7, 11) is -9.09. The van der Waals surface area contributed by atoms with Crippen LogP contribution in [0.4, 0.5) is 11.4 Å². The molecule has 62 heavy (non-hydrogen) atoms. The number of para-hydroxylation sites is 2. The molecular weight excluding hydrogens is 833 g/mol. The van der Waals surface area contributed by atoms with E-state index in [9.17, 15) is 26.4 Å². The van der Waals surface area contributed by atoms with Crippen LogP contribution in [0, 0.1) is 0 Å². The van der Waals surface area contributed by atoms with E-state index < -0.39 is 93.3 Å². The summed E-state index contributed by atoms with van der Waals surface area (Å²) in [5.74, 6) is -3.54. The molecule has 2 aliphatic carbocycles. The zero-order valence-electron chi connectivity index (χ0n) is 34.1. The molecule has 2 atom stereocenters. The van der Waals surface area contributed by atoms with Crippen LogP contribution in [0.5, 0.6) is 0 Å². The highest BCUT2D eigenvalue weighted by Crippen LogP contribution is 2.55. The number of anilines is 2.